The van der Waals surface area contributed by atoms with Crippen molar-refractivity contribution in [2.45, 2.75) is 38.2 Å². The van der Waals surface area contributed by atoms with Gasteiger partial charge in [-0.15, -0.1) is 0 Å². The smallest absolute Gasteiger partial charge is 0.0651 e. The standard InChI is InChI=1S/C62H47N/c1-61(2)56-22-11-9-20-52(56)54-34-29-45(38-58(54)61)44-17-13-18-48(37-44)63(49-32-35-55-53-21-10-12-23-57(53)62(3,4)59(55)39-49)47-30-26-42(27-31-47)51-33-28-41-15-7-8-19-50(41)60(51)46-25-24-40-14-5-6-16-43(40)36-46/h5-39H,1-4H3/i1D3,2D3,3D3,4D3,9D,10D,11D,12D,13D,17D,18D,20D,21D,22D,23D,29D,32D,34D,35D,37D,38D,39D. The lowest BCUT2D eigenvalue weighted by atomic mass is 9.81. The van der Waals surface area contributed by atoms with Crippen molar-refractivity contribution >= 4 is 38.6 Å². The average molecular weight is 836 g/mol. The summed E-state index contributed by atoms with van der Waals surface area (Å²) in [5.41, 5.74) is -16.9. The Morgan fingerprint density at radius 2 is 0.968 bits per heavy atom. The van der Waals surface area contributed by atoms with Gasteiger partial charge in [-0.05, 0) is 148 Å². The molecular weight excluding hydrogens is 759 g/mol. The molecule has 63 heavy (non-hydrogen) atoms. The third kappa shape index (κ3) is 5.84. The van der Waals surface area contributed by atoms with Crippen molar-refractivity contribution in [1.29, 1.82) is 0 Å². The maximum atomic E-state index is 10.3. The molecule has 10 aromatic carbocycles. The predicted molar refractivity (Wildman–Crippen MR) is 268 cm³/mol. The molecule has 0 heterocycles. The second kappa shape index (κ2) is 14.0. The van der Waals surface area contributed by atoms with Gasteiger partial charge in [0.1, 0.15) is 0 Å². The van der Waals surface area contributed by atoms with Gasteiger partial charge in [0.05, 0.1) is 24.7 Å². The van der Waals surface area contributed by atoms with Gasteiger partial charge >= 0.3 is 0 Å². The van der Waals surface area contributed by atoms with Gasteiger partial charge in [0, 0.05) is 44.3 Å². The van der Waals surface area contributed by atoms with E-state index in [4.69, 9.17) is 27.4 Å². The molecule has 0 aromatic heterocycles. The van der Waals surface area contributed by atoms with Crippen LogP contribution in [0.15, 0.2) is 212 Å². The van der Waals surface area contributed by atoms with Crippen molar-refractivity contribution in [3.63, 3.8) is 0 Å². The molecule has 0 saturated heterocycles. The molecule has 1 nitrogen and oxygen atoms in total. The number of fused-ring (bicyclic) bond motifs is 8. The molecule has 0 saturated carbocycles. The van der Waals surface area contributed by atoms with Crippen molar-refractivity contribution < 1.29 is 41.1 Å². The highest BCUT2D eigenvalue weighted by atomic mass is 15.1. The van der Waals surface area contributed by atoms with Crippen molar-refractivity contribution in [2.24, 2.45) is 0 Å². The molecule has 300 valence electrons. The minimum atomic E-state index is -3.91. The minimum Gasteiger partial charge on any atom is -0.310 e. The van der Waals surface area contributed by atoms with Gasteiger partial charge in [0.2, 0.25) is 0 Å². The number of hydrogen-bond acceptors (Lipinski definition) is 1. The molecule has 0 bridgehead atoms. The Labute approximate surface area is 412 Å². The van der Waals surface area contributed by atoms with Gasteiger partial charge in [0.15, 0.2) is 0 Å². The summed E-state index contributed by atoms with van der Waals surface area (Å²) in [4.78, 5) is 0.725. The quantitative estimate of drug-likeness (QED) is 0.161. The van der Waals surface area contributed by atoms with Gasteiger partial charge in [-0.2, -0.15) is 0 Å². The topological polar surface area (TPSA) is 3.24 Å². The number of hydrogen-bond donors (Lipinski definition) is 0. The van der Waals surface area contributed by atoms with E-state index < -0.39 is 214 Å². The third-order valence-electron chi connectivity index (χ3n) is 11.7. The summed E-state index contributed by atoms with van der Waals surface area (Å²) in [5.74, 6) is 0. The summed E-state index contributed by atoms with van der Waals surface area (Å²) >= 11 is 0. The fourth-order valence-corrected chi connectivity index (χ4v) is 8.69. The fourth-order valence-electron chi connectivity index (χ4n) is 8.69. The molecule has 12 rings (SSSR count). The summed E-state index contributed by atoms with van der Waals surface area (Å²) < 4.78 is 277. The predicted octanol–water partition coefficient (Wildman–Crippen LogP) is 17.1. The van der Waals surface area contributed by atoms with Crippen molar-refractivity contribution in [2.75, 3.05) is 4.90 Å². The number of rotatable bonds is 6. The molecule has 0 N–H and O–H groups in total. The second-order valence-corrected chi connectivity index (χ2v) is 15.4. The highest BCUT2D eigenvalue weighted by Gasteiger charge is 2.37. The van der Waals surface area contributed by atoms with Gasteiger partial charge in [0.25, 0.3) is 0 Å². The van der Waals surface area contributed by atoms with E-state index in [9.17, 15) is 13.7 Å². The molecule has 0 radical (unpaired) electrons. The minimum absolute atomic E-state index is 0.318. The normalized spacial score (nSPS) is 21.6. The summed E-state index contributed by atoms with van der Waals surface area (Å²) in [6.07, 6.45) is 0. The molecule has 1 heteroatoms. The Kier molecular flexibility index (Phi) is 3.94. The first-order valence-electron chi connectivity index (χ1n) is 34.8. The average Bonchev–Trinajstić information content (AvgIpc) is 1.52. The molecule has 0 amide bonds. The molecule has 0 atom stereocenters. The van der Waals surface area contributed by atoms with E-state index in [1.807, 2.05) is 78.9 Å². The van der Waals surface area contributed by atoms with E-state index in [1.54, 1.807) is 0 Å². The van der Waals surface area contributed by atoms with Crippen LogP contribution < -0.4 is 4.90 Å². The molecule has 10 aromatic rings. The SMILES string of the molecule is [2H]c1c([2H])c([2H])c2c(c1[2H])-c1c([2H])c([2H])c(-c3c([2H])c([2H])c([2H])c(N(c4ccc(-c5ccc6ccccc6c5-c5ccc6ccccc6c5)cc4)c4c([2H])c([2H])c5c(c4[2H])C(C([2H])([2H])[2H])(C([2H])([2H])[2H])c4c([2H])c([2H])c([2H])c([2H])c4-5)c3[2H])c([2H])c1C2(C([2H])([2H])[2H])C([2H])([2H])[2H]. The van der Waals surface area contributed by atoms with E-state index in [-0.39, 0.29) is 5.69 Å². The Morgan fingerprint density at radius 3 is 1.71 bits per heavy atom. The van der Waals surface area contributed by atoms with Crippen LogP contribution in [0.1, 0.15) is 90.8 Å². The van der Waals surface area contributed by atoms with Crippen molar-refractivity contribution in [3.8, 4) is 55.6 Å². The summed E-state index contributed by atoms with van der Waals surface area (Å²) in [6.45, 7) is -15.6. The zero-order valence-corrected chi connectivity index (χ0v) is 32.8. The fraction of sp³-hybridized carbons (Fsp3) is 0.0968. The lowest BCUT2D eigenvalue weighted by Crippen LogP contribution is -2.16. The second-order valence-electron chi connectivity index (χ2n) is 15.4. The van der Waals surface area contributed by atoms with Crippen LogP contribution in [0.3, 0.4) is 0 Å². The van der Waals surface area contributed by atoms with Gasteiger partial charge in [-0.1, -0.05) is 191 Å². The Bertz CT molecular complexity index is 4930. The summed E-state index contributed by atoms with van der Waals surface area (Å²) in [7, 11) is 0. The van der Waals surface area contributed by atoms with Crippen LogP contribution in [0.5, 0.6) is 0 Å². The Hall–Kier alpha value is -7.48. The molecule has 2 aliphatic rings. The van der Waals surface area contributed by atoms with Crippen LogP contribution >= 0.6 is 0 Å². The lowest BCUT2D eigenvalue weighted by molar-refractivity contribution is 0.660. The molecule has 0 aliphatic heterocycles. The van der Waals surface area contributed by atoms with Crippen molar-refractivity contribution in [3.05, 3.63) is 234 Å². The monoisotopic (exact) mass is 836 g/mol. The summed E-state index contributed by atoms with van der Waals surface area (Å²) in [6, 6.07) is 10.1. The Balaban J connectivity index is 1.22. The van der Waals surface area contributed by atoms with E-state index in [2.05, 4.69) is 0 Å². The van der Waals surface area contributed by atoms with Gasteiger partial charge in [-0.25, -0.2) is 0 Å². The maximum absolute atomic E-state index is 10.3. The highest BCUT2D eigenvalue weighted by molar-refractivity contribution is 6.06. The van der Waals surface area contributed by atoms with Crippen molar-refractivity contribution in [1.82, 2.24) is 0 Å². The van der Waals surface area contributed by atoms with E-state index >= 15 is 0 Å². The van der Waals surface area contributed by atoms with Crippen LogP contribution in [0, 0.1) is 0 Å². The number of benzene rings is 10. The van der Waals surface area contributed by atoms with Crippen LogP contribution in [0.2, 0.25) is 0 Å². The van der Waals surface area contributed by atoms with Gasteiger partial charge < -0.3 is 4.90 Å². The Morgan fingerprint density at radius 1 is 0.381 bits per heavy atom. The number of anilines is 3. The molecule has 0 fully saturated rings. The van der Waals surface area contributed by atoms with Crippen LogP contribution in [0.4, 0.5) is 17.1 Å². The van der Waals surface area contributed by atoms with Crippen LogP contribution in [-0.2, 0) is 10.8 Å². The first kappa shape index (κ1) is 17.7. The largest absolute Gasteiger partial charge is 0.310 e. The molecule has 0 spiro atoms. The molecular formula is C62H47N. The first-order valence-corrected chi connectivity index (χ1v) is 19.8. The molecule has 2 aliphatic carbocycles. The van der Waals surface area contributed by atoms with E-state index in [0.29, 0.717) is 11.1 Å². The molecule has 0 unspecified atom stereocenters. The van der Waals surface area contributed by atoms with E-state index in [1.165, 1.54) is 24.3 Å². The first-order chi connectivity index (χ1) is 43.3. The van der Waals surface area contributed by atoms with Crippen LogP contribution in [0.25, 0.3) is 77.2 Å². The van der Waals surface area contributed by atoms with Gasteiger partial charge in [-0.3, -0.25) is 0 Å². The number of nitrogens with zero attached hydrogens (tertiary/aromatic N) is 1. The third-order valence-corrected chi connectivity index (χ3v) is 11.7. The van der Waals surface area contributed by atoms with E-state index in [0.717, 1.165) is 37.6 Å². The lowest BCUT2D eigenvalue weighted by Gasteiger charge is -2.29. The summed E-state index contributed by atoms with van der Waals surface area (Å²) in [5, 5.41) is 3.54. The van der Waals surface area contributed by atoms with Crippen LogP contribution in [-0.4, -0.2) is 0 Å². The maximum Gasteiger partial charge on any atom is 0.0651 e. The zero-order chi connectivity index (χ0) is 68.1. The zero-order valence-electron chi connectivity index (χ0n) is 62.8. The highest BCUT2D eigenvalue weighted by Crippen LogP contribution is 2.52.